The Bertz CT molecular complexity index is 452. The summed E-state index contributed by atoms with van der Waals surface area (Å²) in [6.07, 6.45) is 5.27. The summed E-state index contributed by atoms with van der Waals surface area (Å²) >= 11 is 6.17. The van der Waals surface area contributed by atoms with E-state index in [0.29, 0.717) is 5.02 Å². The SMILES string of the molecule is Cc1ccc(Cl)c(OC2CC(O)C23CCCC3)c1. The normalized spacial score (nSPS) is 29.3. The number of rotatable bonds is 2. The molecule has 2 atom stereocenters. The Morgan fingerprint density at radius 1 is 1.33 bits per heavy atom. The molecule has 0 amide bonds. The van der Waals surface area contributed by atoms with Crippen LogP contribution in [0.5, 0.6) is 5.75 Å². The molecule has 1 N–H and O–H groups in total. The van der Waals surface area contributed by atoms with Crippen LogP contribution in [0, 0.1) is 12.3 Å². The number of ether oxygens (including phenoxy) is 1. The van der Waals surface area contributed by atoms with Crippen molar-refractivity contribution in [2.75, 3.05) is 0 Å². The van der Waals surface area contributed by atoms with Gasteiger partial charge in [-0.05, 0) is 37.5 Å². The molecule has 2 unspecified atom stereocenters. The first-order chi connectivity index (χ1) is 8.62. The smallest absolute Gasteiger partial charge is 0.138 e. The van der Waals surface area contributed by atoms with Gasteiger partial charge in [-0.15, -0.1) is 0 Å². The van der Waals surface area contributed by atoms with Gasteiger partial charge >= 0.3 is 0 Å². The van der Waals surface area contributed by atoms with Crippen LogP contribution < -0.4 is 4.74 Å². The van der Waals surface area contributed by atoms with E-state index in [4.69, 9.17) is 16.3 Å². The lowest BCUT2D eigenvalue weighted by molar-refractivity contribution is -0.151. The molecule has 0 aromatic heterocycles. The van der Waals surface area contributed by atoms with Gasteiger partial charge in [-0.3, -0.25) is 0 Å². The van der Waals surface area contributed by atoms with Gasteiger partial charge in [-0.2, -0.15) is 0 Å². The molecule has 1 aromatic carbocycles. The van der Waals surface area contributed by atoms with Crippen molar-refractivity contribution >= 4 is 11.6 Å². The van der Waals surface area contributed by atoms with Crippen molar-refractivity contribution in [3.05, 3.63) is 28.8 Å². The maximum Gasteiger partial charge on any atom is 0.138 e. The molecule has 0 saturated heterocycles. The molecular formula is C15H19ClO2. The van der Waals surface area contributed by atoms with E-state index in [-0.39, 0.29) is 17.6 Å². The molecule has 0 radical (unpaired) electrons. The van der Waals surface area contributed by atoms with Crippen LogP contribution >= 0.6 is 11.6 Å². The Hall–Kier alpha value is -0.730. The van der Waals surface area contributed by atoms with Crippen LogP contribution in [0.25, 0.3) is 0 Å². The van der Waals surface area contributed by atoms with E-state index in [9.17, 15) is 5.11 Å². The van der Waals surface area contributed by atoms with E-state index < -0.39 is 0 Å². The molecule has 2 fully saturated rings. The molecular weight excluding hydrogens is 248 g/mol. The Morgan fingerprint density at radius 3 is 2.72 bits per heavy atom. The van der Waals surface area contributed by atoms with Gasteiger partial charge < -0.3 is 9.84 Å². The van der Waals surface area contributed by atoms with E-state index in [1.165, 1.54) is 12.8 Å². The Kier molecular flexibility index (Phi) is 3.03. The highest BCUT2D eigenvalue weighted by Crippen LogP contribution is 2.54. The summed E-state index contributed by atoms with van der Waals surface area (Å²) in [5.41, 5.74) is 1.15. The molecule has 3 rings (SSSR count). The first-order valence-electron chi connectivity index (χ1n) is 6.73. The fourth-order valence-corrected chi connectivity index (χ4v) is 3.60. The molecule has 0 heterocycles. The third kappa shape index (κ3) is 1.83. The fourth-order valence-electron chi connectivity index (χ4n) is 3.43. The van der Waals surface area contributed by atoms with Gasteiger partial charge in [0, 0.05) is 11.8 Å². The lowest BCUT2D eigenvalue weighted by Crippen LogP contribution is -2.58. The Morgan fingerprint density at radius 2 is 2.06 bits per heavy atom. The van der Waals surface area contributed by atoms with Crippen LogP contribution in [0.4, 0.5) is 0 Å². The highest BCUT2D eigenvalue weighted by Gasteiger charge is 2.57. The molecule has 2 nitrogen and oxygen atoms in total. The van der Waals surface area contributed by atoms with E-state index >= 15 is 0 Å². The second-order valence-electron chi connectivity index (χ2n) is 5.73. The highest BCUT2D eigenvalue weighted by molar-refractivity contribution is 6.32. The maximum atomic E-state index is 10.1. The highest BCUT2D eigenvalue weighted by atomic mass is 35.5. The number of benzene rings is 1. The molecule has 2 aliphatic rings. The van der Waals surface area contributed by atoms with Gasteiger partial charge in [0.2, 0.25) is 0 Å². The van der Waals surface area contributed by atoms with Crippen LogP contribution in [0.1, 0.15) is 37.7 Å². The summed E-state index contributed by atoms with van der Waals surface area (Å²) in [4.78, 5) is 0. The topological polar surface area (TPSA) is 29.5 Å². The molecule has 0 aliphatic heterocycles. The van der Waals surface area contributed by atoms with Gasteiger partial charge in [0.25, 0.3) is 0 Å². The molecule has 1 aromatic rings. The van der Waals surface area contributed by atoms with Crippen molar-refractivity contribution in [2.45, 2.75) is 51.2 Å². The molecule has 3 heteroatoms. The second kappa shape index (κ2) is 4.43. The number of halogens is 1. The van der Waals surface area contributed by atoms with Crippen LogP contribution in [-0.4, -0.2) is 17.3 Å². The average molecular weight is 267 g/mol. The van der Waals surface area contributed by atoms with E-state index in [1.54, 1.807) is 0 Å². The molecule has 98 valence electrons. The molecule has 2 saturated carbocycles. The van der Waals surface area contributed by atoms with Crippen molar-refractivity contribution < 1.29 is 9.84 Å². The third-order valence-electron chi connectivity index (χ3n) is 4.63. The minimum absolute atomic E-state index is 0.00702. The van der Waals surface area contributed by atoms with Gasteiger partial charge in [0.15, 0.2) is 0 Å². The van der Waals surface area contributed by atoms with Gasteiger partial charge in [-0.1, -0.05) is 30.5 Å². The summed E-state index contributed by atoms with van der Waals surface area (Å²) in [7, 11) is 0. The summed E-state index contributed by atoms with van der Waals surface area (Å²) in [5, 5.41) is 10.7. The minimum Gasteiger partial charge on any atom is -0.488 e. The first-order valence-corrected chi connectivity index (χ1v) is 7.10. The maximum absolute atomic E-state index is 10.1. The Balaban J connectivity index is 1.79. The van der Waals surface area contributed by atoms with E-state index in [1.807, 2.05) is 25.1 Å². The molecule has 18 heavy (non-hydrogen) atoms. The molecule has 2 aliphatic carbocycles. The number of aryl methyl sites for hydroxylation is 1. The zero-order valence-corrected chi connectivity index (χ0v) is 11.4. The zero-order valence-electron chi connectivity index (χ0n) is 10.7. The van der Waals surface area contributed by atoms with Gasteiger partial charge in [-0.25, -0.2) is 0 Å². The Labute approximate surface area is 113 Å². The summed E-state index contributed by atoms with van der Waals surface area (Å²) in [6, 6.07) is 5.84. The molecule has 1 spiro atoms. The van der Waals surface area contributed by atoms with Crippen LogP contribution in [-0.2, 0) is 0 Å². The number of aliphatic hydroxyl groups is 1. The van der Waals surface area contributed by atoms with Crippen molar-refractivity contribution in [1.82, 2.24) is 0 Å². The quantitative estimate of drug-likeness (QED) is 0.884. The minimum atomic E-state index is -0.186. The van der Waals surface area contributed by atoms with Crippen molar-refractivity contribution in [3.8, 4) is 5.75 Å². The number of aliphatic hydroxyl groups excluding tert-OH is 1. The number of hydrogen-bond donors (Lipinski definition) is 1. The first kappa shape index (κ1) is 12.3. The second-order valence-corrected chi connectivity index (χ2v) is 6.14. The van der Waals surface area contributed by atoms with Crippen LogP contribution in [0.2, 0.25) is 5.02 Å². The van der Waals surface area contributed by atoms with Crippen molar-refractivity contribution in [3.63, 3.8) is 0 Å². The molecule has 0 bridgehead atoms. The fraction of sp³-hybridized carbons (Fsp3) is 0.600. The average Bonchev–Trinajstić information content (AvgIpc) is 2.85. The van der Waals surface area contributed by atoms with E-state index in [0.717, 1.165) is 30.6 Å². The lowest BCUT2D eigenvalue weighted by atomic mass is 9.62. The summed E-state index contributed by atoms with van der Waals surface area (Å²) < 4.78 is 6.08. The van der Waals surface area contributed by atoms with Crippen LogP contribution in [0.3, 0.4) is 0 Å². The van der Waals surface area contributed by atoms with Crippen molar-refractivity contribution in [2.24, 2.45) is 5.41 Å². The van der Waals surface area contributed by atoms with Crippen LogP contribution in [0.15, 0.2) is 18.2 Å². The third-order valence-corrected chi connectivity index (χ3v) is 4.94. The van der Waals surface area contributed by atoms with E-state index in [2.05, 4.69) is 0 Å². The summed E-state index contributed by atoms with van der Waals surface area (Å²) in [5.74, 6) is 0.764. The van der Waals surface area contributed by atoms with Gasteiger partial charge in [0.1, 0.15) is 11.9 Å². The largest absolute Gasteiger partial charge is 0.488 e. The standard InChI is InChI=1S/C15H19ClO2/c1-10-4-5-11(16)12(8-10)18-14-9-13(17)15(14)6-2-3-7-15/h4-5,8,13-14,17H,2-3,6-7,9H2,1H3. The summed E-state index contributed by atoms with van der Waals surface area (Å²) in [6.45, 7) is 2.03. The van der Waals surface area contributed by atoms with Crippen molar-refractivity contribution in [1.29, 1.82) is 0 Å². The monoisotopic (exact) mass is 266 g/mol. The zero-order chi connectivity index (χ0) is 12.8. The predicted octanol–water partition coefficient (Wildman–Crippen LogP) is 3.72. The number of hydrogen-bond acceptors (Lipinski definition) is 2. The lowest BCUT2D eigenvalue weighted by Gasteiger charge is -2.51. The van der Waals surface area contributed by atoms with Gasteiger partial charge in [0.05, 0.1) is 11.1 Å². The predicted molar refractivity (Wildman–Crippen MR) is 72.1 cm³/mol.